The first kappa shape index (κ1) is 28.3. The van der Waals surface area contributed by atoms with Crippen molar-refractivity contribution < 1.29 is 18.8 Å². The van der Waals surface area contributed by atoms with Crippen LogP contribution in [0.4, 0.5) is 8.78 Å². The summed E-state index contributed by atoms with van der Waals surface area (Å²) in [5.41, 5.74) is 2.62. The molecule has 6 aromatic rings. The molecule has 0 bridgehead atoms. The lowest BCUT2D eigenvalue weighted by atomic mass is 9.82. The first-order valence-corrected chi connectivity index (χ1v) is 13.5. The molecule has 6 heterocycles. The molecule has 0 spiro atoms. The van der Waals surface area contributed by atoms with Gasteiger partial charge in [-0.1, -0.05) is 29.3 Å². The van der Waals surface area contributed by atoms with Crippen molar-refractivity contribution in [3.05, 3.63) is 87.3 Å². The van der Waals surface area contributed by atoms with Crippen molar-refractivity contribution in [2.45, 2.75) is 0 Å². The van der Waals surface area contributed by atoms with Gasteiger partial charge in [-0.25, -0.2) is 29.9 Å². The van der Waals surface area contributed by atoms with Crippen LogP contribution in [-0.4, -0.2) is 47.1 Å². The maximum absolute atomic E-state index is 12.7. The summed E-state index contributed by atoms with van der Waals surface area (Å²) in [4.78, 5) is 23.2. The van der Waals surface area contributed by atoms with Gasteiger partial charge in [0.05, 0.1) is 21.8 Å². The molecule has 0 saturated carbocycles. The van der Waals surface area contributed by atoms with Gasteiger partial charge in [-0.2, -0.15) is 8.78 Å². The molecule has 0 radical (unpaired) electrons. The van der Waals surface area contributed by atoms with Gasteiger partial charge < -0.3 is 10.0 Å². The third-order valence-electron chi connectivity index (χ3n) is 4.48. The first-order chi connectivity index (χ1) is 18.2. The Morgan fingerprint density at radius 2 is 1.32 bits per heavy atom. The zero-order valence-corrected chi connectivity index (χ0v) is 23.4. The normalized spacial score (nSPS) is 10.5. The maximum Gasteiger partial charge on any atom is 0.490 e. The summed E-state index contributed by atoms with van der Waals surface area (Å²) < 4.78 is 27.6. The van der Waals surface area contributed by atoms with Gasteiger partial charge in [0.2, 0.25) is 11.9 Å². The van der Waals surface area contributed by atoms with Crippen molar-refractivity contribution in [3.63, 3.8) is 0 Å². The van der Waals surface area contributed by atoms with Crippen LogP contribution in [0.3, 0.4) is 0 Å². The fourth-order valence-electron chi connectivity index (χ4n) is 2.75. The quantitative estimate of drug-likeness (QED) is 0.184. The van der Waals surface area contributed by atoms with E-state index in [4.69, 9.17) is 33.2 Å². The molecule has 0 amide bonds. The summed E-state index contributed by atoms with van der Waals surface area (Å²) >= 11 is 17.8. The summed E-state index contributed by atoms with van der Waals surface area (Å²) in [6.45, 7) is 0. The van der Waals surface area contributed by atoms with E-state index in [1.165, 1.54) is 29.7 Å². The molecule has 0 aliphatic rings. The van der Waals surface area contributed by atoms with E-state index in [1.807, 2.05) is 0 Å². The Morgan fingerprint density at radius 3 is 1.87 bits per heavy atom. The second-order valence-electron chi connectivity index (χ2n) is 7.09. The largest absolute Gasteiger partial charge is 0.490 e. The average Bonchev–Trinajstić information content (AvgIpc) is 3.47. The number of fused-ring (bicyclic) bond motifs is 2. The van der Waals surface area contributed by atoms with Gasteiger partial charge in [0.25, 0.3) is 0 Å². The molecule has 0 aliphatic heterocycles. The molecule has 0 saturated heterocycles. The van der Waals surface area contributed by atoms with Crippen molar-refractivity contribution in [1.29, 1.82) is 0 Å². The highest BCUT2D eigenvalue weighted by Gasteiger charge is 2.10. The van der Waals surface area contributed by atoms with Crippen molar-refractivity contribution in [3.8, 4) is 10.6 Å². The average molecular weight is 656 g/mol. The zero-order valence-electron chi connectivity index (χ0n) is 18.6. The van der Waals surface area contributed by atoms with E-state index in [-0.39, 0.29) is 5.46 Å². The van der Waals surface area contributed by atoms with Crippen molar-refractivity contribution >= 4 is 94.8 Å². The summed E-state index contributed by atoms with van der Waals surface area (Å²) in [6.07, 6.45) is 5.82. The monoisotopic (exact) mass is 654 g/mol. The third kappa shape index (κ3) is 7.66. The Hall–Kier alpha value is -2.72. The standard InChI is InChI=1S/C11H5ClFN3S.C6H2BrClN2S.C5H5BFNO2/c12-9-3-8-7(5-14-9)16-11(17-8)6-1-2-10(13)15-4-6;7-6-10-3-2-9-5(8)1-4(3)11-6;7-5-2-1-4(3-8-5)6(9)10/h1-5H;1-2H;1-3,9-10H. The summed E-state index contributed by atoms with van der Waals surface area (Å²) in [6, 6.07) is 8.85. The molecule has 0 aromatic carbocycles. The van der Waals surface area contributed by atoms with Crippen LogP contribution in [0.25, 0.3) is 31.0 Å². The maximum atomic E-state index is 12.7. The highest BCUT2D eigenvalue weighted by Crippen LogP contribution is 2.30. The summed E-state index contributed by atoms with van der Waals surface area (Å²) in [5.74, 6) is -1.14. The number of hydrogen-bond donors (Lipinski definition) is 2. The van der Waals surface area contributed by atoms with Crippen molar-refractivity contribution in [2.24, 2.45) is 0 Å². The van der Waals surface area contributed by atoms with Crippen LogP contribution < -0.4 is 5.46 Å². The molecule has 0 aliphatic carbocycles. The van der Waals surface area contributed by atoms with Gasteiger partial charge in [0, 0.05) is 23.4 Å². The van der Waals surface area contributed by atoms with Crippen LogP contribution in [0.2, 0.25) is 10.3 Å². The van der Waals surface area contributed by atoms with E-state index in [1.54, 1.807) is 41.9 Å². The molecule has 0 atom stereocenters. The molecular weight excluding hydrogens is 644 g/mol. The van der Waals surface area contributed by atoms with Crippen LogP contribution in [0, 0.1) is 11.9 Å². The van der Waals surface area contributed by atoms with Crippen molar-refractivity contribution in [2.75, 3.05) is 0 Å². The minimum absolute atomic E-state index is 0.182. The second-order valence-corrected chi connectivity index (χ2v) is 11.2. The van der Waals surface area contributed by atoms with E-state index < -0.39 is 19.0 Å². The van der Waals surface area contributed by atoms with Crippen LogP contribution in [0.1, 0.15) is 0 Å². The Bertz CT molecular complexity index is 1680. The second kappa shape index (κ2) is 12.9. The van der Waals surface area contributed by atoms with Crippen LogP contribution in [0.15, 0.2) is 65.1 Å². The molecule has 0 unspecified atom stereocenters. The topological polar surface area (TPSA) is 118 Å². The highest BCUT2D eigenvalue weighted by molar-refractivity contribution is 9.11. The SMILES string of the molecule is Clc1cc2sc(Br)nc2cn1.Fc1ccc(-c2nc3cnc(Cl)cc3s2)cn1.OB(O)c1ccc(F)nc1. The van der Waals surface area contributed by atoms with Crippen molar-refractivity contribution in [1.82, 2.24) is 29.9 Å². The van der Waals surface area contributed by atoms with Gasteiger partial charge >= 0.3 is 7.12 Å². The number of nitrogens with zero attached hydrogens (tertiary/aromatic N) is 6. The minimum Gasteiger partial charge on any atom is -0.423 e. The van der Waals surface area contributed by atoms with Crippen LogP contribution in [-0.2, 0) is 0 Å². The Labute approximate surface area is 240 Å². The van der Waals surface area contributed by atoms with Gasteiger partial charge in [0.15, 0.2) is 3.92 Å². The number of halogens is 5. The van der Waals surface area contributed by atoms with E-state index in [9.17, 15) is 8.78 Å². The fourth-order valence-corrected chi connectivity index (χ4v) is 5.58. The Balaban J connectivity index is 0.000000140. The number of pyridine rings is 4. The lowest BCUT2D eigenvalue weighted by Crippen LogP contribution is -2.30. The van der Waals surface area contributed by atoms with Crippen LogP contribution in [0.5, 0.6) is 0 Å². The number of hydrogen-bond acceptors (Lipinski definition) is 10. The molecule has 6 aromatic heterocycles. The van der Waals surface area contributed by atoms with Gasteiger partial charge in [-0.05, 0) is 46.3 Å². The molecule has 8 nitrogen and oxygen atoms in total. The Morgan fingerprint density at radius 1 is 0.737 bits per heavy atom. The van der Waals surface area contributed by atoms with E-state index >= 15 is 0 Å². The lowest BCUT2D eigenvalue weighted by Gasteiger charge is -1.95. The van der Waals surface area contributed by atoms with E-state index in [0.29, 0.717) is 10.3 Å². The van der Waals surface area contributed by atoms with Gasteiger partial charge in [0.1, 0.15) is 26.3 Å². The molecule has 192 valence electrons. The molecule has 0 fully saturated rings. The summed E-state index contributed by atoms with van der Waals surface area (Å²) in [5, 5.41) is 18.7. The van der Waals surface area contributed by atoms with Gasteiger partial charge in [-0.15, -0.1) is 22.7 Å². The lowest BCUT2D eigenvalue weighted by molar-refractivity contribution is 0.425. The predicted octanol–water partition coefficient (Wildman–Crippen LogP) is 5.55. The van der Waals surface area contributed by atoms with Gasteiger partial charge in [-0.3, -0.25) is 0 Å². The number of rotatable bonds is 2. The van der Waals surface area contributed by atoms with E-state index in [0.717, 1.165) is 47.2 Å². The molecule has 6 rings (SSSR count). The number of thiazole rings is 2. The molecular formula is C22H12BBrCl2F2N6O2S2. The highest BCUT2D eigenvalue weighted by atomic mass is 79.9. The number of aromatic nitrogens is 6. The molecule has 38 heavy (non-hydrogen) atoms. The van der Waals surface area contributed by atoms with Crippen LogP contribution >= 0.6 is 61.8 Å². The molecule has 2 N–H and O–H groups in total. The Kier molecular flexibility index (Phi) is 9.60. The smallest absolute Gasteiger partial charge is 0.423 e. The fraction of sp³-hybridized carbons (Fsp3) is 0. The summed E-state index contributed by atoms with van der Waals surface area (Å²) in [7, 11) is -1.58. The van der Waals surface area contributed by atoms with E-state index in [2.05, 4.69) is 45.8 Å². The predicted molar refractivity (Wildman–Crippen MR) is 150 cm³/mol. The minimum atomic E-state index is -1.58. The first-order valence-electron chi connectivity index (χ1n) is 10.3. The third-order valence-corrected chi connectivity index (χ3v) is 7.43. The molecule has 16 heteroatoms. The zero-order chi connectivity index (χ0) is 27.2.